The Morgan fingerprint density at radius 1 is 1.33 bits per heavy atom. The highest BCUT2D eigenvalue weighted by Gasteiger charge is 2.15. The van der Waals surface area contributed by atoms with Crippen LogP contribution < -0.4 is 5.32 Å². The third-order valence-electron chi connectivity index (χ3n) is 2.12. The monoisotopic (exact) mass is 209 g/mol. The molecule has 0 spiro atoms. The molecule has 84 valence electrons. The SMILES string of the molecule is CC(C)(C)OC(=O)C#CC1CCNCC1. The Kier molecular flexibility index (Phi) is 4.16. The molecule has 0 aromatic carbocycles. The van der Waals surface area contributed by atoms with E-state index in [-0.39, 0.29) is 0 Å². The van der Waals surface area contributed by atoms with Gasteiger partial charge in [-0.3, -0.25) is 0 Å². The van der Waals surface area contributed by atoms with Gasteiger partial charge in [-0.1, -0.05) is 5.92 Å². The average Bonchev–Trinajstić information content (AvgIpc) is 2.14. The minimum Gasteiger partial charge on any atom is -0.450 e. The van der Waals surface area contributed by atoms with Crippen molar-refractivity contribution in [2.75, 3.05) is 13.1 Å². The molecule has 0 atom stereocenters. The molecule has 0 unspecified atom stereocenters. The van der Waals surface area contributed by atoms with Crippen molar-refractivity contribution in [1.82, 2.24) is 5.32 Å². The van der Waals surface area contributed by atoms with E-state index < -0.39 is 11.6 Å². The molecule has 1 aliphatic heterocycles. The predicted octanol–water partition coefficient (Wildman–Crippen LogP) is 1.33. The van der Waals surface area contributed by atoms with Gasteiger partial charge in [-0.05, 0) is 46.7 Å². The summed E-state index contributed by atoms with van der Waals surface area (Å²) in [6.07, 6.45) is 2.05. The van der Waals surface area contributed by atoms with E-state index in [1.807, 2.05) is 20.8 Å². The van der Waals surface area contributed by atoms with Crippen molar-refractivity contribution in [1.29, 1.82) is 0 Å². The number of carbonyl (C=O) groups excluding carboxylic acids is 1. The molecule has 3 heteroatoms. The van der Waals surface area contributed by atoms with Crippen molar-refractivity contribution in [2.24, 2.45) is 5.92 Å². The van der Waals surface area contributed by atoms with Crippen molar-refractivity contribution in [3.05, 3.63) is 0 Å². The van der Waals surface area contributed by atoms with Gasteiger partial charge in [-0.2, -0.15) is 0 Å². The summed E-state index contributed by atoms with van der Waals surface area (Å²) in [6, 6.07) is 0. The second-order valence-electron chi connectivity index (χ2n) is 4.80. The minimum atomic E-state index is -0.445. The van der Waals surface area contributed by atoms with Crippen LogP contribution in [0, 0.1) is 17.8 Å². The van der Waals surface area contributed by atoms with Crippen LogP contribution in [0.1, 0.15) is 33.6 Å². The van der Waals surface area contributed by atoms with Gasteiger partial charge in [0.25, 0.3) is 0 Å². The van der Waals surface area contributed by atoms with Crippen molar-refractivity contribution >= 4 is 5.97 Å². The van der Waals surface area contributed by atoms with Crippen molar-refractivity contribution < 1.29 is 9.53 Å². The van der Waals surface area contributed by atoms with Gasteiger partial charge < -0.3 is 10.1 Å². The van der Waals surface area contributed by atoms with E-state index in [2.05, 4.69) is 17.2 Å². The molecule has 0 amide bonds. The Morgan fingerprint density at radius 3 is 2.47 bits per heavy atom. The highest BCUT2D eigenvalue weighted by atomic mass is 16.6. The van der Waals surface area contributed by atoms with E-state index in [4.69, 9.17) is 4.74 Å². The Balaban J connectivity index is 2.39. The lowest BCUT2D eigenvalue weighted by Crippen LogP contribution is -2.27. The number of hydrogen-bond donors (Lipinski definition) is 1. The van der Waals surface area contributed by atoms with Gasteiger partial charge >= 0.3 is 5.97 Å². The molecule has 0 aliphatic carbocycles. The van der Waals surface area contributed by atoms with Gasteiger partial charge in [0.2, 0.25) is 0 Å². The topological polar surface area (TPSA) is 38.3 Å². The Morgan fingerprint density at radius 2 is 1.93 bits per heavy atom. The molecule has 15 heavy (non-hydrogen) atoms. The Labute approximate surface area is 91.6 Å². The van der Waals surface area contributed by atoms with E-state index in [1.165, 1.54) is 0 Å². The van der Waals surface area contributed by atoms with Crippen LogP contribution in [-0.2, 0) is 9.53 Å². The first kappa shape index (κ1) is 12.1. The lowest BCUT2D eigenvalue weighted by atomic mass is 9.99. The zero-order chi connectivity index (χ0) is 11.3. The van der Waals surface area contributed by atoms with Crippen LogP contribution in [0.15, 0.2) is 0 Å². The van der Waals surface area contributed by atoms with Crippen LogP contribution >= 0.6 is 0 Å². The van der Waals surface area contributed by atoms with Crippen molar-refractivity contribution in [3.63, 3.8) is 0 Å². The van der Waals surface area contributed by atoms with Crippen molar-refractivity contribution in [3.8, 4) is 11.8 Å². The molecular formula is C12H19NO2. The molecule has 1 saturated heterocycles. The van der Waals surface area contributed by atoms with Gasteiger partial charge in [-0.25, -0.2) is 4.79 Å². The first-order valence-corrected chi connectivity index (χ1v) is 5.42. The molecular weight excluding hydrogens is 190 g/mol. The normalized spacial score (nSPS) is 17.8. The smallest absolute Gasteiger partial charge is 0.384 e. The van der Waals surface area contributed by atoms with E-state index in [0.29, 0.717) is 5.92 Å². The highest BCUT2D eigenvalue weighted by Crippen LogP contribution is 2.10. The lowest BCUT2D eigenvalue weighted by molar-refractivity contribution is -0.147. The van der Waals surface area contributed by atoms with Crippen LogP contribution in [0.5, 0.6) is 0 Å². The maximum atomic E-state index is 11.3. The minimum absolute atomic E-state index is 0.346. The maximum absolute atomic E-state index is 11.3. The van der Waals surface area contributed by atoms with Gasteiger partial charge in [0, 0.05) is 11.8 Å². The number of nitrogens with one attached hydrogen (secondary N) is 1. The highest BCUT2D eigenvalue weighted by molar-refractivity contribution is 5.88. The Hall–Kier alpha value is -1.01. The summed E-state index contributed by atoms with van der Waals surface area (Å²) < 4.78 is 5.10. The lowest BCUT2D eigenvalue weighted by Gasteiger charge is -2.18. The fraction of sp³-hybridized carbons (Fsp3) is 0.750. The second-order valence-corrected chi connectivity index (χ2v) is 4.80. The summed E-state index contributed by atoms with van der Waals surface area (Å²) in [4.78, 5) is 11.3. The first-order valence-electron chi connectivity index (χ1n) is 5.42. The van der Waals surface area contributed by atoms with Crippen molar-refractivity contribution in [2.45, 2.75) is 39.2 Å². The summed E-state index contributed by atoms with van der Waals surface area (Å²) in [5.74, 6) is 5.48. The molecule has 0 aromatic rings. The number of rotatable bonds is 0. The largest absolute Gasteiger partial charge is 0.450 e. The number of ether oxygens (including phenoxy) is 1. The molecule has 1 aliphatic rings. The van der Waals surface area contributed by atoms with Crippen LogP contribution in [0.3, 0.4) is 0 Å². The summed E-state index contributed by atoms with van der Waals surface area (Å²) in [6.45, 7) is 7.52. The fourth-order valence-corrected chi connectivity index (χ4v) is 1.43. The van der Waals surface area contributed by atoms with E-state index >= 15 is 0 Å². The number of carbonyl (C=O) groups is 1. The van der Waals surface area contributed by atoms with Crippen LogP contribution in [0.4, 0.5) is 0 Å². The zero-order valence-corrected chi connectivity index (χ0v) is 9.72. The summed E-state index contributed by atoms with van der Waals surface area (Å²) in [5, 5.41) is 3.26. The standard InChI is InChI=1S/C12H19NO2/c1-12(2,3)15-11(14)5-4-10-6-8-13-9-7-10/h10,13H,6-9H2,1-3H3. The first-order chi connectivity index (χ1) is 6.97. The second kappa shape index (κ2) is 5.18. The molecule has 0 radical (unpaired) electrons. The summed E-state index contributed by atoms with van der Waals surface area (Å²) >= 11 is 0. The molecule has 3 nitrogen and oxygen atoms in total. The molecule has 1 N–H and O–H groups in total. The molecule has 1 heterocycles. The third kappa shape index (κ3) is 5.44. The average molecular weight is 209 g/mol. The fourth-order valence-electron chi connectivity index (χ4n) is 1.43. The molecule has 0 saturated carbocycles. The summed E-state index contributed by atoms with van der Waals surface area (Å²) in [5.41, 5.74) is -0.445. The molecule has 1 fully saturated rings. The third-order valence-corrected chi connectivity index (χ3v) is 2.12. The van der Waals surface area contributed by atoms with E-state index in [0.717, 1.165) is 25.9 Å². The number of esters is 1. The van der Waals surface area contributed by atoms with E-state index in [9.17, 15) is 4.79 Å². The Bertz CT molecular complexity index is 274. The van der Waals surface area contributed by atoms with Gasteiger partial charge in [0.15, 0.2) is 0 Å². The van der Waals surface area contributed by atoms with Crippen LogP contribution in [-0.4, -0.2) is 24.7 Å². The van der Waals surface area contributed by atoms with Crippen LogP contribution in [0.2, 0.25) is 0 Å². The van der Waals surface area contributed by atoms with Gasteiger partial charge in [0.1, 0.15) is 5.60 Å². The molecule has 1 rings (SSSR count). The van der Waals surface area contributed by atoms with Gasteiger partial charge in [0.05, 0.1) is 0 Å². The predicted molar refractivity (Wildman–Crippen MR) is 59.2 cm³/mol. The molecule has 0 bridgehead atoms. The quantitative estimate of drug-likeness (QED) is 0.371. The molecule has 0 aromatic heterocycles. The van der Waals surface area contributed by atoms with Gasteiger partial charge in [-0.15, -0.1) is 0 Å². The van der Waals surface area contributed by atoms with E-state index in [1.54, 1.807) is 0 Å². The van der Waals surface area contributed by atoms with Crippen LogP contribution in [0.25, 0.3) is 0 Å². The number of hydrogen-bond acceptors (Lipinski definition) is 3. The number of piperidine rings is 1. The maximum Gasteiger partial charge on any atom is 0.384 e. The zero-order valence-electron chi connectivity index (χ0n) is 9.72. The summed E-state index contributed by atoms with van der Waals surface area (Å²) in [7, 11) is 0.